The first-order valence-electron chi connectivity index (χ1n) is 13.0. The summed E-state index contributed by atoms with van der Waals surface area (Å²) in [5.41, 5.74) is 1.67. The van der Waals surface area contributed by atoms with Crippen LogP contribution in [-0.4, -0.2) is 64.5 Å². The molecule has 0 saturated carbocycles. The number of ether oxygens (including phenoxy) is 1. The van der Waals surface area contributed by atoms with E-state index in [1.807, 2.05) is 11.0 Å². The minimum Gasteiger partial charge on any atom is -0.377 e. The molecule has 0 aliphatic carbocycles. The third kappa shape index (κ3) is 4.59. The highest BCUT2D eigenvalue weighted by Crippen LogP contribution is 2.35. The fourth-order valence-electron chi connectivity index (χ4n) is 5.54. The van der Waals surface area contributed by atoms with Crippen LogP contribution in [0.1, 0.15) is 41.5 Å². The molecule has 1 amide bonds. The monoisotopic (exact) mass is 543 g/mol. The van der Waals surface area contributed by atoms with Crippen LogP contribution in [0, 0.1) is 6.92 Å². The van der Waals surface area contributed by atoms with Crippen molar-refractivity contribution < 1.29 is 22.7 Å². The van der Waals surface area contributed by atoms with E-state index in [2.05, 4.69) is 15.7 Å². The number of hydrogen-bond acceptors (Lipinski definition) is 7. The zero-order valence-corrected chi connectivity index (χ0v) is 21.3. The molecule has 2 aromatic heterocycles. The van der Waals surface area contributed by atoms with Gasteiger partial charge in [-0.1, -0.05) is 6.08 Å². The summed E-state index contributed by atoms with van der Waals surface area (Å²) in [5.74, 6) is 0.313. The van der Waals surface area contributed by atoms with Crippen molar-refractivity contribution >= 4 is 28.6 Å². The van der Waals surface area contributed by atoms with Gasteiger partial charge in [0.15, 0.2) is 5.82 Å². The SMILES string of the molecule is Cc1cc(C(F)(F)F)ccc1NC(=O)[C@@H]1CCc2c(N3CCNCC3)c(=O)n3nc(C4=CCOCC4)nc3n21. The Balaban J connectivity index is 1.43. The predicted molar refractivity (Wildman–Crippen MR) is 138 cm³/mol. The van der Waals surface area contributed by atoms with E-state index in [1.165, 1.54) is 17.5 Å². The summed E-state index contributed by atoms with van der Waals surface area (Å²) in [4.78, 5) is 34.1. The molecule has 0 bridgehead atoms. The fourth-order valence-corrected chi connectivity index (χ4v) is 5.54. The zero-order chi connectivity index (χ0) is 27.3. The molecule has 10 nitrogen and oxygen atoms in total. The maximum atomic E-state index is 13.8. The molecule has 3 aliphatic rings. The molecule has 0 spiro atoms. The summed E-state index contributed by atoms with van der Waals surface area (Å²) in [6, 6.07) is 2.52. The number of hydrogen-bond donors (Lipinski definition) is 2. The van der Waals surface area contributed by atoms with Gasteiger partial charge >= 0.3 is 6.18 Å². The van der Waals surface area contributed by atoms with Crippen LogP contribution < -0.4 is 21.1 Å². The largest absolute Gasteiger partial charge is 0.416 e. The van der Waals surface area contributed by atoms with Gasteiger partial charge in [-0.3, -0.25) is 14.2 Å². The summed E-state index contributed by atoms with van der Waals surface area (Å²) >= 11 is 0. The van der Waals surface area contributed by atoms with Gasteiger partial charge < -0.3 is 20.3 Å². The topological polar surface area (TPSA) is 106 Å². The maximum Gasteiger partial charge on any atom is 0.416 e. The number of halogens is 3. The lowest BCUT2D eigenvalue weighted by atomic mass is 10.1. The number of piperazine rings is 1. The molecule has 1 saturated heterocycles. The van der Waals surface area contributed by atoms with Gasteiger partial charge in [0.05, 0.1) is 24.5 Å². The first kappa shape index (κ1) is 25.6. The van der Waals surface area contributed by atoms with Crippen molar-refractivity contribution in [2.45, 2.75) is 38.4 Å². The second kappa shape index (κ2) is 9.79. The lowest BCUT2D eigenvalue weighted by molar-refractivity contribution is -0.137. The molecule has 13 heteroatoms. The first-order chi connectivity index (χ1) is 18.7. The van der Waals surface area contributed by atoms with E-state index in [0.29, 0.717) is 68.3 Å². The van der Waals surface area contributed by atoms with E-state index in [-0.39, 0.29) is 17.2 Å². The normalized spacial score (nSPS) is 19.7. The number of alkyl halides is 3. The third-order valence-electron chi connectivity index (χ3n) is 7.53. The van der Waals surface area contributed by atoms with Crippen LogP contribution in [0.3, 0.4) is 0 Å². The molecule has 1 aromatic carbocycles. The summed E-state index contributed by atoms with van der Waals surface area (Å²) in [5, 5.41) is 10.7. The number of amides is 1. The van der Waals surface area contributed by atoms with E-state index in [0.717, 1.165) is 36.5 Å². The number of nitrogens with one attached hydrogen (secondary N) is 2. The van der Waals surface area contributed by atoms with Crippen molar-refractivity contribution in [2.24, 2.45) is 0 Å². The molecule has 1 fully saturated rings. The molecule has 0 unspecified atom stereocenters. The summed E-state index contributed by atoms with van der Waals surface area (Å²) in [6.07, 6.45) is -1.07. The predicted octanol–water partition coefficient (Wildman–Crippen LogP) is 2.56. The van der Waals surface area contributed by atoms with Gasteiger partial charge in [0.25, 0.3) is 5.56 Å². The van der Waals surface area contributed by atoms with Crippen LogP contribution in [0.2, 0.25) is 0 Å². The Morgan fingerprint density at radius 1 is 1.21 bits per heavy atom. The van der Waals surface area contributed by atoms with Gasteiger partial charge in [0.2, 0.25) is 11.7 Å². The van der Waals surface area contributed by atoms with Gasteiger partial charge in [-0.25, -0.2) is 0 Å². The van der Waals surface area contributed by atoms with E-state index in [1.54, 1.807) is 4.57 Å². The molecule has 3 aliphatic heterocycles. The van der Waals surface area contributed by atoms with E-state index < -0.39 is 17.8 Å². The average Bonchev–Trinajstić information content (AvgIpc) is 3.56. The van der Waals surface area contributed by atoms with Crippen molar-refractivity contribution in [3.05, 3.63) is 57.3 Å². The zero-order valence-electron chi connectivity index (χ0n) is 21.3. The number of rotatable bonds is 4. The van der Waals surface area contributed by atoms with Crippen LogP contribution in [-0.2, 0) is 22.1 Å². The Labute approximate surface area is 221 Å². The molecule has 5 heterocycles. The molecule has 0 radical (unpaired) electrons. The van der Waals surface area contributed by atoms with E-state index >= 15 is 0 Å². The van der Waals surface area contributed by atoms with Gasteiger partial charge in [-0.05, 0) is 55.5 Å². The van der Waals surface area contributed by atoms with Crippen LogP contribution >= 0.6 is 0 Å². The van der Waals surface area contributed by atoms with Crippen LogP contribution in [0.4, 0.5) is 24.5 Å². The van der Waals surface area contributed by atoms with Crippen LogP contribution in [0.5, 0.6) is 0 Å². The maximum absolute atomic E-state index is 13.8. The van der Waals surface area contributed by atoms with Crippen molar-refractivity contribution in [3.8, 4) is 0 Å². The molecule has 2 N–H and O–H groups in total. The lowest BCUT2D eigenvalue weighted by Crippen LogP contribution is -2.46. The number of carbonyl (C=O) groups excluding carboxylic acids is 1. The molecule has 3 aromatic rings. The van der Waals surface area contributed by atoms with Crippen molar-refractivity contribution in [1.82, 2.24) is 24.5 Å². The fraction of sp³-hybridized carbons (Fsp3) is 0.462. The molecule has 206 valence electrons. The van der Waals surface area contributed by atoms with Gasteiger partial charge in [0, 0.05) is 31.9 Å². The van der Waals surface area contributed by atoms with E-state index in [9.17, 15) is 22.8 Å². The number of benzene rings is 1. The highest BCUT2D eigenvalue weighted by molar-refractivity contribution is 5.95. The molecular weight excluding hydrogens is 515 g/mol. The second-order valence-electron chi connectivity index (χ2n) is 9.98. The number of fused-ring (bicyclic) bond motifs is 3. The third-order valence-corrected chi connectivity index (χ3v) is 7.53. The highest BCUT2D eigenvalue weighted by Gasteiger charge is 2.37. The Morgan fingerprint density at radius 3 is 2.69 bits per heavy atom. The lowest BCUT2D eigenvalue weighted by Gasteiger charge is -2.30. The summed E-state index contributed by atoms with van der Waals surface area (Å²) in [6.45, 7) is 5.22. The Kier molecular flexibility index (Phi) is 6.42. The average molecular weight is 544 g/mol. The quantitative estimate of drug-likeness (QED) is 0.521. The molecule has 1 atom stereocenters. The number of anilines is 2. The van der Waals surface area contributed by atoms with Gasteiger partial charge in [-0.15, -0.1) is 5.10 Å². The number of carbonyl (C=O) groups is 1. The summed E-state index contributed by atoms with van der Waals surface area (Å²) in [7, 11) is 0. The molecular formula is C26H28F3N7O3. The number of aromatic nitrogens is 4. The van der Waals surface area contributed by atoms with Crippen molar-refractivity contribution in [1.29, 1.82) is 0 Å². The molecule has 39 heavy (non-hydrogen) atoms. The van der Waals surface area contributed by atoms with Gasteiger partial charge in [-0.2, -0.15) is 22.7 Å². The van der Waals surface area contributed by atoms with E-state index in [4.69, 9.17) is 9.72 Å². The van der Waals surface area contributed by atoms with Crippen molar-refractivity contribution in [3.63, 3.8) is 0 Å². The van der Waals surface area contributed by atoms with Crippen LogP contribution in [0.15, 0.2) is 29.1 Å². The Morgan fingerprint density at radius 2 is 2.00 bits per heavy atom. The van der Waals surface area contributed by atoms with Crippen molar-refractivity contribution in [2.75, 3.05) is 49.6 Å². The Hall–Kier alpha value is -3.71. The Bertz CT molecular complexity index is 1540. The molecule has 6 rings (SSSR count). The number of nitrogens with zero attached hydrogens (tertiary/aromatic N) is 5. The second-order valence-corrected chi connectivity index (χ2v) is 9.98. The summed E-state index contributed by atoms with van der Waals surface area (Å²) < 4.78 is 47.9. The smallest absolute Gasteiger partial charge is 0.377 e. The highest BCUT2D eigenvalue weighted by atomic mass is 19.4. The van der Waals surface area contributed by atoms with Gasteiger partial charge in [0.1, 0.15) is 11.7 Å². The van der Waals surface area contributed by atoms with Crippen LogP contribution in [0.25, 0.3) is 11.4 Å². The minimum atomic E-state index is -4.47. The minimum absolute atomic E-state index is 0.274. The standard InChI is InChI=1S/C26H28F3N7O3/c1-15-14-17(26(27,28)29)2-3-18(15)31-23(37)20-5-4-19-21(34-10-8-30-9-11-34)24(38)36-25(35(19)20)32-22(33-36)16-6-12-39-13-7-16/h2-3,6,14,20,30H,4-5,7-13H2,1H3,(H,31,37)/t20-/m0/s1. The number of aryl methyl sites for hydroxylation is 1. The first-order valence-corrected chi connectivity index (χ1v) is 13.0.